The van der Waals surface area contributed by atoms with Crippen molar-refractivity contribution >= 4 is 23.2 Å². The van der Waals surface area contributed by atoms with Crippen LogP contribution in [0.1, 0.15) is 21.6 Å². The van der Waals surface area contributed by atoms with E-state index < -0.39 is 0 Å². The number of aryl methyl sites for hydroxylation is 2. The Morgan fingerprint density at radius 3 is 2.54 bits per heavy atom. The van der Waals surface area contributed by atoms with Crippen LogP contribution in [-0.4, -0.2) is 15.7 Å². The zero-order valence-electron chi connectivity index (χ0n) is 13.2. The van der Waals surface area contributed by atoms with Crippen LogP contribution in [-0.2, 0) is 0 Å². The molecule has 0 unspecified atom stereocenters. The molecule has 6 heteroatoms. The normalized spacial score (nSPS) is 10.7. The third-order valence-electron chi connectivity index (χ3n) is 3.58. The van der Waals surface area contributed by atoms with Crippen molar-refractivity contribution in [3.8, 4) is 5.69 Å². The summed E-state index contributed by atoms with van der Waals surface area (Å²) >= 11 is 6.34. The van der Waals surface area contributed by atoms with Crippen LogP contribution in [0.4, 0.5) is 10.1 Å². The second kappa shape index (κ2) is 6.45. The van der Waals surface area contributed by atoms with Gasteiger partial charge in [-0.15, -0.1) is 0 Å². The van der Waals surface area contributed by atoms with Crippen LogP contribution in [0, 0.1) is 19.7 Å². The molecule has 0 atom stereocenters. The molecule has 0 bridgehead atoms. The van der Waals surface area contributed by atoms with Crippen LogP contribution in [0.3, 0.4) is 0 Å². The molecule has 1 N–H and O–H groups in total. The molecule has 0 aliphatic heterocycles. The van der Waals surface area contributed by atoms with Crippen LogP contribution in [0.2, 0.25) is 5.15 Å². The molecule has 0 aliphatic carbocycles. The summed E-state index contributed by atoms with van der Waals surface area (Å²) < 4.78 is 14.5. The molecule has 0 saturated carbocycles. The largest absolute Gasteiger partial charge is 0.322 e. The summed E-state index contributed by atoms with van der Waals surface area (Å²) in [7, 11) is 0. The van der Waals surface area contributed by atoms with Gasteiger partial charge in [-0.3, -0.25) is 4.79 Å². The standard InChI is InChI=1S/C18H15ClFN3O/c1-11-4-3-5-14(10-11)21-18(24)16-12(2)22-23(17(16)19)15-8-6-13(20)7-9-15/h3-10H,1-2H3,(H,21,24). The summed E-state index contributed by atoms with van der Waals surface area (Å²) in [5.74, 6) is -0.687. The van der Waals surface area contributed by atoms with Gasteiger partial charge in [0.05, 0.1) is 11.4 Å². The highest BCUT2D eigenvalue weighted by Crippen LogP contribution is 2.25. The van der Waals surface area contributed by atoms with Gasteiger partial charge < -0.3 is 5.32 Å². The lowest BCUT2D eigenvalue weighted by Gasteiger charge is -2.06. The number of anilines is 1. The summed E-state index contributed by atoms with van der Waals surface area (Å²) in [5, 5.41) is 7.29. The Morgan fingerprint density at radius 1 is 1.17 bits per heavy atom. The zero-order valence-corrected chi connectivity index (χ0v) is 13.9. The average molecular weight is 344 g/mol. The minimum absolute atomic E-state index is 0.185. The Morgan fingerprint density at radius 2 is 1.88 bits per heavy atom. The Bertz CT molecular complexity index is 903. The molecule has 0 spiro atoms. The first-order valence-electron chi connectivity index (χ1n) is 7.35. The molecule has 1 amide bonds. The lowest BCUT2D eigenvalue weighted by atomic mass is 10.2. The number of nitrogens with zero attached hydrogens (tertiary/aromatic N) is 2. The number of aromatic nitrogens is 2. The van der Waals surface area contributed by atoms with Gasteiger partial charge in [0.2, 0.25) is 0 Å². The molecule has 2 aromatic carbocycles. The maximum atomic E-state index is 13.1. The molecule has 0 radical (unpaired) electrons. The maximum absolute atomic E-state index is 13.1. The number of carbonyl (C=O) groups excluding carboxylic acids is 1. The quantitative estimate of drug-likeness (QED) is 0.759. The first-order chi connectivity index (χ1) is 11.5. The highest BCUT2D eigenvalue weighted by atomic mass is 35.5. The molecule has 0 saturated heterocycles. The van der Waals surface area contributed by atoms with Gasteiger partial charge in [-0.2, -0.15) is 5.10 Å². The van der Waals surface area contributed by atoms with Crippen molar-refractivity contribution in [1.82, 2.24) is 9.78 Å². The highest BCUT2D eigenvalue weighted by Gasteiger charge is 2.21. The molecule has 3 aromatic rings. The third kappa shape index (κ3) is 3.16. The summed E-state index contributed by atoms with van der Waals surface area (Å²) in [5.41, 5.74) is 3.10. The van der Waals surface area contributed by atoms with Gasteiger partial charge in [0.1, 0.15) is 16.5 Å². The molecule has 0 fully saturated rings. The van der Waals surface area contributed by atoms with Crippen LogP contribution in [0.25, 0.3) is 5.69 Å². The van der Waals surface area contributed by atoms with Gasteiger partial charge in [-0.1, -0.05) is 23.7 Å². The fraction of sp³-hybridized carbons (Fsp3) is 0.111. The van der Waals surface area contributed by atoms with Crippen molar-refractivity contribution in [2.24, 2.45) is 0 Å². The van der Waals surface area contributed by atoms with Crippen LogP contribution < -0.4 is 5.32 Å². The summed E-state index contributed by atoms with van der Waals surface area (Å²) in [6, 6.07) is 13.2. The van der Waals surface area contributed by atoms with Crippen molar-refractivity contribution in [1.29, 1.82) is 0 Å². The summed E-state index contributed by atoms with van der Waals surface area (Å²) in [6.07, 6.45) is 0. The van der Waals surface area contributed by atoms with Gasteiger partial charge in [0.25, 0.3) is 5.91 Å². The number of hydrogen-bond acceptors (Lipinski definition) is 2. The molecule has 1 aromatic heterocycles. The Labute approximate surface area is 143 Å². The Balaban J connectivity index is 1.94. The van der Waals surface area contributed by atoms with E-state index in [0.717, 1.165) is 5.56 Å². The van der Waals surface area contributed by atoms with Crippen molar-refractivity contribution in [2.75, 3.05) is 5.32 Å². The first kappa shape index (κ1) is 16.2. The summed E-state index contributed by atoms with van der Waals surface area (Å²) in [4.78, 5) is 12.6. The van der Waals surface area contributed by atoms with E-state index in [-0.39, 0.29) is 16.9 Å². The lowest BCUT2D eigenvalue weighted by molar-refractivity contribution is 0.102. The minimum atomic E-state index is -0.351. The van der Waals surface area contributed by atoms with Crippen molar-refractivity contribution in [3.05, 3.63) is 76.3 Å². The van der Waals surface area contributed by atoms with E-state index in [4.69, 9.17) is 11.6 Å². The molecule has 0 aliphatic rings. The smallest absolute Gasteiger partial charge is 0.260 e. The van der Waals surface area contributed by atoms with E-state index in [0.29, 0.717) is 22.6 Å². The average Bonchev–Trinajstić information content (AvgIpc) is 2.83. The molecule has 122 valence electrons. The Hall–Kier alpha value is -2.66. The first-order valence-corrected chi connectivity index (χ1v) is 7.72. The van der Waals surface area contributed by atoms with E-state index >= 15 is 0 Å². The lowest BCUT2D eigenvalue weighted by Crippen LogP contribution is -2.13. The molecule has 1 heterocycles. The van der Waals surface area contributed by atoms with E-state index in [9.17, 15) is 9.18 Å². The van der Waals surface area contributed by atoms with Crippen molar-refractivity contribution in [2.45, 2.75) is 13.8 Å². The maximum Gasteiger partial charge on any atom is 0.260 e. The van der Waals surface area contributed by atoms with Gasteiger partial charge in [-0.05, 0) is 55.8 Å². The van der Waals surface area contributed by atoms with Gasteiger partial charge in [0.15, 0.2) is 0 Å². The topological polar surface area (TPSA) is 46.9 Å². The monoisotopic (exact) mass is 343 g/mol. The molecule has 4 nitrogen and oxygen atoms in total. The van der Waals surface area contributed by atoms with Crippen LogP contribution >= 0.6 is 11.6 Å². The number of benzene rings is 2. The zero-order chi connectivity index (χ0) is 17.3. The second-order valence-electron chi connectivity index (χ2n) is 5.46. The Kier molecular flexibility index (Phi) is 4.36. The fourth-order valence-corrected chi connectivity index (χ4v) is 2.78. The number of carbonyl (C=O) groups is 1. The molecule has 24 heavy (non-hydrogen) atoms. The van der Waals surface area contributed by atoms with E-state index in [1.54, 1.807) is 25.1 Å². The van der Waals surface area contributed by atoms with Crippen molar-refractivity contribution in [3.63, 3.8) is 0 Å². The van der Waals surface area contributed by atoms with Gasteiger partial charge >= 0.3 is 0 Å². The number of amides is 1. The number of nitrogens with one attached hydrogen (secondary N) is 1. The number of rotatable bonds is 3. The second-order valence-corrected chi connectivity index (χ2v) is 5.82. The van der Waals surface area contributed by atoms with E-state index in [2.05, 4.69) is 10.4 Å². The highest BCUT2D eigenvalue weighted by molar-refractivity contribution is 6.34. The van der Waals surface area contributed by atoms with Gasteiger partial charge in [0, 0.05) is 5.69 Å². The number of hydrogen-bond donors (Lipinski definition) is 1. The SMILES string of the molecule is Cc1cccc(NC(=O)c2c(C)nn(-c3ccc(F)cc3)c2Cl)c1. The predicted octanol–water partition coefficient (Wildman–Crippen LogP) is 4.53. The van der Waals surface area contributed by atoms with Gasteiger partial charge in [-0.25, -0.2) is 9.07 Å². The molecular weight excluding hydrogens is 329 g/mol. The number of halogens is 2. The minimum Gasteiger partial charge on any atom is -0.322 e. The fourth-order valence-electron chi connectivity index (χ4n) is 2.43. The van der Waals surface area contributed by atoms with Crippen LogP contribution in [0.5, 0.6) is 0 Å². The third-order valence-corrected chi connectivity index (χ3v) is 3.93. The van der Waals surface area contributed by atoms with Crippen LogP contribution in [0.15, 0.2) is 48.5 Å². The van der Waals surface area contributed by atoms with E-state index in [1.165, 1.54) is 16.8 Å². The van der Waals surface area contributed by atoms with Crippen molar-refractivity contribution < 1.29 is 9.18 Å². The summed E-state index contributed by atoms with van der Waals surface area (Å²) in [6.45, 7) is 3.65. The van der Waals surface area contributed by atoms with E-state index in [1.807, 2.05) is 25.1 Å². The molecule has 3 rings (SSSR count). The molecular formula is C18H15ClFN3O. The predicted molar refractivity (Wildman–Crippen MR) is 92.4 cm³/mol.